The van der Waals surface area contributed by atoms with Crippen LogP contribution in [0.15, 0.2) is 199 Å². The smallest absolute Gasteiger partial charge is 0.154 e. The van der Waals surface area contributed by atoms with E-state index in [-0.39, 0.29) is 0 Å². The van der Waals surface area contributed by atoms with E-state index >= 15 is 0 Å². The van der Waals surface area contributed by atoms with Gasteiger partial charge in [-0.05, 0) is 98.4 Å². The molecule has 0 spiro atoms. The van der Waals surface area contributed by atoms with E-state index in [2.05, 4.69) is 175 Å². The van der Waals surface area contributed by atoms with Crippen LogP contribution in [0.3, 0.4) is 0 Å². The van der Waals surface area contributed by atoms with Gasteiger partial charge in [-0.15, -0.1) is 0 Å². The highest BCUT2D eigenvalue weighted by Crippen LogP contribution is 2.43. The fourth-order valence-electron chi connectivity index (χ4n) is 7.60. The quantitative estimate of drug-likeness (QED) is 0.166. The van der Waals surface area contributed by atoms with Gasteiger partial charge in [0.1, 0.15) is 11.1 Å². The second-order valence-electron chi connectivity index (χ2n) is 13.2. The van der Waals surface area contributed by atoms with Crippen LogP contribution in [0, 0.1) is 0 Å². The number of pyridine rings is 1. The Balaban J connectivity index is 1.08. The molecule has 3 nitrogen and oxygen atoms in total. The maximum Gasteiger partial charge on any atom is 0.154 e. The number of hydrogen-bond acceptors (Lipinski definition) is 3. The first-order chi connectivity index (χ1) is 25.8. The third-order valence-corrected chi connectivity index (χ3v) is 10.1. The Labute approximate surface area is 301 Å². The average molecular weight is 665 g/mol. The first-order valence-corrected chi connectivity index (χ1v) is 17.6. The molecule has 2 aromatic heterocycles. The normalized spacial score (nSPS) is 11.5. The number of furan rings is 1. The summed E-state index contributed by atoms with van der Waals surface area (Å²) in [7, 11) is 0. The molecule has 0 N–H and O–H groups in total. The number of hydrogen-bond donors (Lipinski definition) is 0. The van der Waals surface area contributed by atoms with E-state index < -0.39 is 0 Å². The van der Waals surface area contributed by atoms with Crippen LogP contribution in [0.1, 0.15) is 0 Å². The molecule has 0 aliphatic rings. The number of nitrogens with zero attached hydrogens (tertiary/aromatic N) is 2. The summed E-state index contributed by atoms with van der Waals surface area (Å²) in [5.74, 6) is 0. The SMILES string of the molecule is c1ccc(-c2ccccc2N(c2ccc(-c3cnc4c(c3)oc3ccccc34)cc2)c2ccc(-c3cc4ccccc4c4ccccc34)cc2)cc1. The molecule has 52 heavy (non-hydrogen) atoms. The number of anilines is 3. The third kappa shape index (κ3) is 5.10. The largest absolute Gasteiger partial charge is 0.454 e. The predicted octanol–water partition coefficient (Wildman–Crippen LogP) is 13.8. The molecule has 0 saturated heterocycles. The fourth-order valence-corrected chi connectivity index (χ4v) is 7.60. The van der Waals surface area contributed by atoms with Gasteiger partial charge in [0.15, 0.2) is 5.58 Å². The van der Waals surface area contributed by atoms with Crippen molar-refractivity contribution < 1.29 is 4.42 Å². The molecular formula is C49H32N2O. The molecule has 8 aromatic carbocycles. The van der Waals surface area contributed by atoms with Crippen molar-refractivity contribution in [3.8, 4) is 33.4 Å². The Morgan fingerprint density at radius 3 is 1.77 bits per heavy atom. The monoisotopic (exact) mass is 664 g/mol. The van der Waals surface area contributed by atoms with E-state index in [1.807, 2.05) is 24.4 Å². The van der Waals surface area contributed by atoms with Crippen molar-refractivity contribution in [1.82, 2.24) is 4.98 Å². The summed E-state index contributed by atoms with van der Waals surface area (Å²) in [6, 6.07) is 66.9. The Bertz CT molecular complexity index is 2890. The molecule has 0 radical (unpaired) electrons. The number of para-hydroxylation sites is 2. The van der Waals surface area contributed by atoms with Crippen molar-refractivity contribution in [2.24, 2.45) is 0 Å². The van der Waals surface area contributed by atoms with Crippen molar-refractivity contribution in [3.63, 3.8) is 0 Å². The Morgan fingerprint density at radius 2 is 0.981 bits per heavy atom. The van der Waals surface area contributed by atoms with Gasteiger partial charge >= 0.3 is 0 Å². The molecule has 0 amide bonds. The summed E-state index contributed by atoms with van der Waals surface area (Å²) >= 11 is 0. The summed E-state index contributed by atoms with van der Waals surface area (Å²) in [6.07, 6.45) is 1.94. The van der Waals surface area contributed by atoms with Crippen molar-refractivity contribution in [2.45, 2.75) is 0 Å². The minimum atomic E-state index is 0.792. The van der Waals surface area contributed by atoms with Crippen molar-refractivity contribution in [2.75, 3.05) is 4.90 Å². The Kier molecular flexibility index (Phi) is 7.14. The lowest BCUT2D eigenvalue weighted by atomic mass is 9.93. The fraction of sp³-hybridized carbons (Fsp3) is 0. The second-order valence-corrected chi connectivity index (χ2v) is 13.2. The van der Waals surface area contributed by atoms with Crippen LogP contribution < -0.4 is 4.90 Å². The number of fused-ring (bicyclic) bond motifs is 6. The van der Waals surface area contributed by atoms with Gasteiger partial charge in [0.25, 0.3) is 0 Å². The maximum absolute atomic E-state index is 6.16. The van der Waals surface area contributed by atoms with E-state index in [4.69, 9.17) is 9.40 Å². The molecule has 0 fully saturated rings. The van der Waals surface area contributed by atoms with Crippen molar-refractivity contribution in [1.29, 1.82) is 0 Å². The zero-order valence-corrected chi connectivity index (χ0v) is 28.3. The topological polar surface area (TPSA) is 29.3 Å². The maximum atomic E-state index is 6.16. The molecule has 10 rings (SSSR count). The van der Waals surface area contributed by atoms with Gasteiger partial charge in [0.05, 0.1) is 5.69 Å². The van der Waals surface area contributed by atoms with Crippen LogP contribution in [-0.4, -0.2) is 4.98 Å². The van der Waals surface area contributed by atoms with Gasteiger partial charge in [-0.25, -0.2) is 0 Å². The molecule has 0 bridgehead atoms. The first kappa shape index (κ1) is 29.9. The lowest BCUT2D eigenvalue weighted by Crippen LogP contribution is -2.11. The van der Waals surface area contributed by atoms with E-state index in [0.29, 0.717) is 0 Å². The minimum Gasteiger partial charge on any atom is -0.454 e. The molecule has 0 aliphatic carbocycles. The highest BCUT2D eigenvalue weighted by Gasteiger charge is 2.18. The molecule has 0 aliphatic heterocycles. The summed E-state index contributed by atoms with van der Waals surface area (Å²) in [4.78, 5) is 7.16. The molecule has 10 aromatic rings. The molecule has 0 atom stereocenters. The Hall–Kier alpha value is -6.97. The average Bonchev–Trinajstić information content (AvgIpc) is 3.60. The number of aromatic nitrogens is 1. The predicted molar refractivity (Wildman–Crippen MR) is 218 cm³/mol. The highest BCUT2D eigenvalue weighted by molar-refractivity contribution is 6.13. The molecule has 2 heterocycles. The molecule has 3 heteroatoms. The summed E-state index contributed by atoms with van der Waals surface area (Å²) < 4.78 is 6.16. The summed E-state index contributed by atoms with van der Waals surface area (Å²) in [5.41, 5.74) is 12.6. The van der Waals surface area contributed by atoms with Gasteiger partial charge in [0, 0.05) is 34.1 Å². The highest BCUT2D eigenvalue weighted by atomic mass is 16.3. The van der Waals surface area contributed by atoms with E-state index in [1.165, 1.54) is 38.2 Å². The molecule has 0 unspecified atom stereocenters. The second kappa shape index (κ2) is 12.4. The van der Waals surface area contributed by atoms with Crippen LogP contribution in [0.25, 0.3) is 77.0 Å². The van der Waals surface area contributed by atoms with Gasteiger partial charge in [0.2, 0.25) is 0 Å². The zero-order valence-electron chi connectivity index (χ0n) is 28.3. The van der Waals surface area contributed by atoms with Gasteiger partial charge in [-0.2, -0.15) is 0 Å². The molecule has 0 saturated carbocycles. The zero-order chi connectivity index (χ0) is 34.4. The van der Waals surface area contributed by atoms with Crippen molar-refractivity contribution in [3.05, 3.63) is 194 Å². The van der Waals surface area contributed by atoms with Crippen LogP contribution in [0.2, 0.25) is 0 Å². The van der Waals surface area contributed by atoms with Crippen LogP contribution in [0.5, 0.6) is 0 Å². The lowest BCUT2D eigenvalue weighted by Gasteiger charge is -2.28. The number of benzene rings is 8. The van der Waals surface area contributed by atoms with Crippen LogP contribution in [0.4, 0.5) is 17.1 Å². The molecular weight excluding hydrogens is 633 g/mol. The van der Waals surface area contributed by atoms with Gasteiger partial charge in [-0.1, -0.05) is 133 Å². The van der Waals surface area contributed by atoms with E-state index in [1.54, 1.807) is 0 Å². The first-order valence-electron chi connectivity index (χ1n) is 17.6. The Morgan fingerprint density at radius 1 is 0.385 bits per heavy atom. The lowest BCUT2D eigenvalue weighted by molar-refractivity contribution is 0.668. The standard InChI is InChI=1S/C49H32N2O/c1-2-12-34(13-3-1)41-16-8-10-20-46(41)51(38-26-22-33(23-27-38)37-31-48-49(50-32-37)44-19-9-11-21-47(44)52-48)39-28-24-35(25-29-39)45-30-36-14-4-5-15-40(36)42-17-6-7-18-43(42)45/h1-32H. The van der Waals surface area contributed by atoms with E-state index in [0.717, 1.165) is 55.8 Å². The minimum absolute atomic E-state index is 0.792. The van der Waals surface area contributed by atoms with Gasteiger partial charge < -0.3 is 9.32 Å². The van der Waals surface area contributed by atoms with E-state index in [9.17, 15) is 0 Å². The third-order valence-electron chi connectivity index (χ3n) is 10.1. The number of rotatable bonds is 6. The van der Waals surface area contributed by atoms with Crippen LogP contribution >= 0.6 is 0 Å². The van der Waals surface area contributed by atoms with Crippen LogP contribution in [-0.2, 0) is 0 Å². The van der Waals surface area contributed by atoms with Gasteiger partial charge in [-0.3, -0.25) is 4.98 Å². The summed E-state index contributed by atoms with van der Waals surface area (Å²) in [6.45, 7) is 0. The molecule has 244 valence electrons. The van der Waals surface area contributed by atoms with Crippen molar-refractivity contribution >= 4 is 60.7 Å². The summed E-state index contributed by atoms with van der Waals surface area (Å²) in [5, 5.41) is 6.08.